The number of halogens is 4. The third-order valence-corrected chi connectivity index (χ3v) is 7.67. The molecule has 0 unspecified atom stereocenters. The molecule has 0 spiro atoms. The third kappa shape index (κ3) is 6.46. The first-order valence-electron chi connectivity index (χ1n) is 10.3. The fraction of sp³-hybridized carbons (Fsp3) is 0.409. The van der Waals surface area contributed by atoms with E-state index in [1.54, 1.807) is 0 Å². The quantitative estimate of drug-likeness (QED) is 0.598. The smallest absolute Gasteiger partial charge is 0.325 e. The molecule has 0 bridgehead atoms. The molecule has 0 saturated carbocycles. The van der Waals surface area contributed by atoms with Gasteiger partial charge in [-0.15, -0.1) is 0 Å². The van der Waals surface area contributed by atoms with Crippen LogP contribution in [0.25, 0.3) is 0 Å². The second-order valence-electron chi connectivity index (χ2n) is 7.76. The van der Waals surface area contributed by atoms with Crippen LogP contribution in [0.2, 0.25) is 5.02 Å². The number of nitrogens with one attached hydrogen (secondary N) is 1. The number of piperidine rings is 1. The Morgan fingerprint density at radius 3 is 2.38 bits per heavy atom. The molecule has 32 heavy (non-hydrogen) atoms. The summed E-state index contributed by atoms with van der Waals surface area (Å²) in [5.41, 5.74) is -0.307. The highest BCUT2D eigenvalue weighted by Gasteiger charge is 2.36. The zero-order valence-corrected chi connectivity index (χ0v) is 18.8. The molecule has 3 rings (SSSR count). The molecule has 5 nitrogen and oxygen atoms in total. The molecule has 2 aromatic carbocycles. The summed E-state index contributed by atoms with van der Waals surface area (Å²) in [7, 11) is -3.45. The normalized spacial score (nSPS) is 16.1. The lowest BCUT2D eigenvalue weighted by molar-refractivity contribution is -0.137. The van der Waals surface area contributed by atoms with E-state index in [1.165, 1.54) is 10.4 Å². The molecule has 174 valence electrons. The van der Waals surface area contributed by atoms with Crippen molar-refractivity contribution in [1.82, 2.24) is 4.31 Å². The van der Waals surface area contributed by atoms with Crippen LogP contribution in [0.5, 0.6) is 0 Å². The maximum atomic E-state index is 13.2. The number of rotatable bonds is 7. The summed E-state index contributed by atoms with van der Waals surface area (Å²) in [5.74, 6) is -1.11. The SMILES string of the molecule is O=C(Nc1ccc(Cl)cc1C(F)(F)F)C1CCN(S(=O)(=O)CCCc2ccccc2)CC1. The van der Waals surface area contributed by atoms with E-state index >= 15 is 0 Å². The zero-order chi connectivity index (χ0) is 23.4. The van der Waals surface area contributed by atoms with Gasteiger partial charge >= 0.3 is 6.18 Å². The lowest BCUT2D eigenvalue weighted by Crippen LogP contribution is -2.42. The standard InChI is InChI=1S/C22H24ClF3N2O3S/c23-18-8-9-20(19(15-18)22(24,25)26)27-21(29)17-10-12-28(13-11-17)32(30,31)14-4-7-16-5-2-1-3-6-16/h1-3,5-6,8-9,15,17H,4,7,10-14H2,(H,27,29). The Balaban J connectivity index is 1.53. The summed E-state index contributed by atoms with van der Waals surface area (Å²) in [6.07, 6.45) is -3.02. The molecule has 0 atom stereocenters. The van der Waals surface area contributed by atoms with Gasteiger partial charge in [0.25, 0.3) is 0 Å². The van der Waals surface area contributed by atoms with E-state index in [2.05, 4.69) is 5.32 Å². The summed E-state index contributed by atoms with van der Waals surface area (Å²) in [6.45, 7) is 0.330. The number of carbonyl (C=O) groups is 1. The minimum absolute atomic E-state index is 0.0124. The van der Waals surface area contributed by atoms with Crippen LogP contribution < -0.4 is 5.32 Å². The molecule has 1 aliphatic heterocycles. The molecule has 1 N–H and O–H groups in total. The lowest BCUT2D eigenvalue weighted by Gasteiger charge is -2.30. The number of sulfonamides is 1. The van der Waals surface area contributed by atoms with Gasteiger partial charge in [0.05, 0.1) is 17.0 Å². The first-order valence-corrected chi connectivity index (χ1v) is 12.2. The van der Waals surface area contributed by atoms with E-state index in [0.29, 0.717) is 12.8 Å². The van der Waals surface area contributed by atoms with Crippen molar-refractivity contribution < 1.29 is 26.4 Å². The Hall–Kier alpha value is -2.10. The molecule has 0 aromatic heterocycles. The molecule has 1 saturated heterocycles. The summed E-state index contributed by atoms with van der Waals surface area (Å²) in [4.78, 5) is 12.5. The average Bonchev–Trinajstić information content (AvgIpc) is 2.75. The van der Waals surface area contributed by atoms with Gasteiger partial charge in [-0.1, -0.05) is 41.9 Å². The maximum absolute atomic E-state index is 13.2. The van der Waals surface area contributed by atoms with E-state index in [1.807, 2.05) is 30.3 Å². The van der Waals surface area contributed by atoms with Crippen molar-refractivity contribution in [3.63, 3.8) is 0 Å². The van der Waals surface area contributed by atoms with E-state index < -0.39 is 33.6 Å². The number of benzene rings is 2. The number of amides is 1. The van der Waals surface area contributed by atoms with Crippen LogP contribution >= 0.6 is 11.6 Å². The summed E-state index contributed by atoms with van der Waals surface area (Å²) in [5, 5.41) is 2.25. The molecule has 2 aromatic rings. The molecular weight excluding hydrogens is 465 g/mol. The Morgan fingerprint density at radius 2 is 1.75 bits per heavy atom. The van der Waals surface area contributed by atoms with Gasteiger partial charge < -0.3 is 5.32 Å². The third-order valence-electron chi connectivity index (χ3n) is 5.47. The fourth-order valence-electron chi connectivity index (χ4n) is 3.72. The van der Waals surface area contributed by atoms with Crippen molar-refractivity contribution in [2.75, 3.05) is 24.2 Å². The molecule has 1 aliphatic rings. The Bertz CT molecular complexity index is 1040. The van der Waals surface area contributed by atoms with Crippen LogP contribution in [0.15, 0.2) is 48.5 Å². The highest BCUT2D eigenvalue weighted by molar-refractivity contribution is 7.89. The highest BCUT2D eigenvalue weighted by atomic mass is 35.5. The second kappa shape index (κ2) is 10.2. The van der Waals surface area contributed by atoms with Gasteiger partial charge in [0.1, 0.15) is 0 Å². The number of hydrogen-bond acceptors (Lipinski definition) is 3. The van der Waals surface area contributed by atoms with Gasteiger partial charge in [-0.2, -0.15) is 13.2 Å². The Kier molecular flexibility index (Phi) is 7.84. The van der Waals surface area contributed by atoms with Crippen molar-refractivity contribution in [1.29, 1.82) is 0 Å². The molecule has 1 fully saturated rings. The minimum Gasteiger partial charge on any atom is -0.325 e. The average molecular weight is 489 g/mol. The summed E-state index contributed by atoms with van der Waals surface area (Å²) < 4.78 is 66.3. The van der Waals surface area contributed by atoms with Crippen molar-refractivity contribution in [3.8, 4) is 0 Å². The fourth-order valence-corrected chi connectivity index (χ4v) is 5.43. The second-order valence-corrected chi connectivity index (χ2v) is 10.3. The van der Waals surface area contributed by atoms with Gasteiger partial charge in [-0.25, -0.2) is 12.7 Å². The van der Waals surface area contributed by atoms with Crippen molar-refractivity contribution in [2.24, 2.45) is 5.92 Å². The largest absolute Gasteiger partial charge is 0.418 e. The van der Waals surface area contributed by atoms with Gasteiger partial charge in [0, 0.05) is 24.0 Å². The first-order chi connectivity index (χ1) is 15.1. The van der Waals surface area contributed by atoms with Crippen LogP contribution in [0.4, 0.5) is 18.9 Å². The molecule has 1 amide bonds. The van der Waals surface area contributed by atoms with Gasteiger partial charge in [0.15, 0.2) is 0 Å². The number of anilines is 1. The van der Waals surface area contributed by atoms with Crippen molar-refractivity contribution in [2.45, 2.75) is 31.9 Å². The predicted octanol–water partition coefficient (Wildman–Crippen LogP) is 4.97. The molecule has 0 aliphatic carbocycles. The maximum Gasteiger partial charge on any atom is 0.418 e. The minimum atomic E-state index is -4.66. The monoisotopic (exact) mass is 488 g/mol. The molecule has 0 radical (unpaired) electrons. The van der Waals surface area contributed by atoms with Gasteiger partial charge in [0.2, 0.25) is 15.9 Å². The van der Waals surface area contributed by atoms with Crippen LogP contribution in [-0.2, 0) is 27.4 Å². The van der Waals surface area contributed by atoms with E-state index in [9.17, 15) is 26.4 Å². The van der Waals surface area contributed by atoms with Crippen LogP contribution in [-0.4, -0.2) is 37.5 Å². The van der Waals surface area contributed by atoms with Crippen molar-refractivity contribution >= 4 is 33.2 Å². The molecule has 10 heteroatoms. The highest BCUT2D eigenvalue weighted by Crippen LogP contribution is 2.37. The van der Waals surface area contributed by atoms with Crippen LogP contribution in [0.3, 0.4) is 0 Å². The lowest BCUT2D eigenvalue weighted by atomic mass is 9.97. The Labute approximate surface area is 190 Å². The Morgan fingerprint density at radius 1 is 1.09 bits per heavy atom. The zero-order valence-electron chi connectivity index (χ0n) is 17.2. The first kappa shape index (κ1) is 24.5. The summed E-state index contributed by atoms with van der Waals surface area (Å²) >= 11 is 5.66. The van der Waals surface area contributed by atoms with Crippen molar-refractivity contribution in [3.05, 3.63) is 64.7 Å². The number of alkyl halides is 3. The predicted molar refractivity (Wildman–Crippen MR) is 118 cm³/mol. The van der Waals surface area contributed by atoms with E-state index in [4.69, 9.17) is 11.6 Å². The van der Waals surface area contributed by atoms with Gasteiger partial charge in [-0.3, -0.25) is 4.79 Å². The number of carbonyl (C=O) groups excluding carboxylic acids is 1. The number of hydrogen-bond donors (Lipinski definition) is 1. The van der Waals surface area contributed by atoms with E-state index in [0.717, 1.165) is 17.7 Å². The topological polar surface area (TPSA) is 66.5 Å². The number of aryl methyl sites for hydroxylation is 1. The van der Waals surface area contributed by atoms with Gasteiger partial charge in [-0.05, 0) is 49.4 Å². The molecule has 1 heterocycles. The van der Waals surface area contributed by atoms with E-state index in [-0.39, 0.29) is 42.4 Å². The van der Waals surface area contributed by atoms with Crippen LogP contribution in [0, 0.1) is 5.92 Å². The summed E-state index contributed by atoms with van der Waals surface area (Å²) in [6, 6.07) is 12.8. The van der Waals surface area contributed by atoms with Crippen LogP contribution in [0.1, 0.15) is 30.4 Å². The number of nitrogens with zero attached hydrogens (tertiary/aromatic N) is 1. The molecular formula is C22H24ClF3N2O3S.